The normalized spacial score (nSPS) is 22.5. The van der Waals surface area contributed by atoms with Crippen molar-refractivity contribution in [3.8, 4) is 0 Å². The summed E-state index contributed by atoms with van der Waals surface area (Å²) in [4.78, 5) is 42.4. The van der Waals surface area contributed by atoms with Crippen molar-refractivity contribution in [1.82, 2.24) is 0 Å². The van der Waals surface area contributed by atoms with Gasteiger partial charge in [0.2, 0.25) is 11.8 Å². The Morgan fingerprint density at radius 1 is 0.971 bits per heavy atom. The highest BCUT2D eigenvalue weighted by molar-refractivity contribution is 6.08. The maximum atomic E-state index is 13.7. The summed E-state index contributed by atoms with van der Waals surface area (Å²) in [5.41, 5.74) is 1.66. The average molecular weight is 476 g/mol. The van der Waals surface area contributed by atoms with Crippen LogP contribution < -0.4 is 14.7 Å². The van der Waals surface area contributed by atoms with Gasteiger partial charge in [-0.05, 0) is 42.3 Å². The number of rotatable bonds is 8. The molecule has 2 aromatic carbocycles. The van der Waals surface area contributed by atoms with Crippen molar-refractivity contribution in [2.75, 3.05) is 34.4 Å². The number of benzene rings is 2. The number of fused-ring (bicyclic) bond motifs is 1. The van der Waals surface area contributed by atoms with Crippen molar-refractivity contribution in [1.29, 1.82) is 0 Å². The van der Waals surface area contributed by atoms with Gasteiger partial charge in [-0.25, -0.2) is 0 Å². The Kier molecular flexibility index (Phi) is 5.94. The summed E-state index contributed by atoms with van der Waals surface area (Å²) in [5.74, 6) is -0.854. The van der Waals surface area contributed by atoms with Crippen molar-refractivity contribution in [2.45, 2.75) is 38.3 Å². The van der Waals surface area contributed by atoms with Crippen LogP contribution in [0, 0.1) is 5.92 Å². The zero-order valence-electron chi connectivity index (χ0n) is 19.7. The number of amides is 3. The summed E-state index contributed by atoms with van der Waals surface area (Å²) in [7, 11) is 0. The van der Waals surface area contributed by atoms with E-state index in [-0.39, 0.29) is 25.0 Å². The number of aliphatic hydroxyl groups excluding tert-OH is 1. The van der Waals surface area contributed by atoms with E-state index < -0.39 is 17.4 Å². The first-order valence-electron chi connectivity index (χ1n) is 12.0. The summed E-state index contributed by atoms with van der Waals surface area (Å²) in [6, 6.07) is 12.9. The van der Waals surface area contributed by atoms with Crippen LogP contribution in [0.1, 0.15) is 37.3 Å². The number of anilines is 3. The Labute approximate surface area is 204 Å². The summed E-state index contributed by atoms with van der Waals surface area (Å²) in [5, 5.41) is 20.9. The van der Waals surface area contributed by atoms with Gasteiger partial charge < -0.3 is 24.9 Å². The lowest BCUT2D eigenvalue weighted by Crippen LogP contribution is -2.45. The Morgan fingerprint density at radius 3 is 2.17 bits per heavy atom. The molecule has 3 amide bonds. The van der Waals surface area contributed by atoms with Crippen LogP contribution in [0.15, 0.2) is 54.6 Å². The van der Waals surface area contributed by atoms with Gasteiger partial charge in [-0.2, -0.15) is 0 Å². The first-order chi connectivity index (χ1) is 16.8. The lowest BCUT2D eigenvalue weighted by molar-refractivity contribution is -0.139. The maximum Gasteiger partial charge on any atom is 0.264 e. The van der Waals surface area contributed by atoms with Crippen LogP contribution in [-0.2, 0) is 26.5 Å². The van der Waals surface area contributed by atoms with Gasteiger partial charge in [-0.3, -0.25) is 14.4 Å². The largest absolute Gasteiger partial charge is 0.396 e. The van der Waals surface area contributed by atoms with E-state index in [0.29, 0.717) is 49.3 Å². The van der Waals surface area contributed by atoms with E-state index in [1.807, 2.05) is 30.3 Å². The number of carbonyl (C=O) groups is 3. The van der Waals surface area contributed by atoms with Crippen LogP contribution in [0.3, 0.4) is 0 Å². The molecule has 2 atom stereocenters. The van der Waals surface area contributed by atoms with Crippen LogP contribution in [0.2, 0.25) is 0 Å². The number of β-lactam (4-membered cyclic amide) rings is 2. The molecule has 0 bridgehead atoms. The van der Waals surface area contributed by atoms with E-state index in [2.05, 4.69) is 0 Å². The van der Waals surface area contributed by atoms with Gasteiger partial charge in [-0.15, -0.1) is 0 Å². The Bertz CT molecular complexity index is 1210. The lowest BCUT2D eigenvalue weighted by atomic mass is 9.82. The SMILES string of the molecule is C[C@H](/C=C/CCO)[C@@]1(O)C(=O)N(Cc2ccc(N3CCC3=O)cc2)c2ccc(N3CCC3=O)cc21. The second kappa shape index (κ2) is 8.94. The van der Waals surface area contributed by atoms with Gasteiger partial charge in [0.1, 0.15) is 0 Å². The number of aliphatic hydroxyl groups is 2. The van der Waals surface area contributed by atoms with Crippen LogP contribution in [0.5, 0.6) is 0 Å². The van der Waals surface area contributed by atoms with Gasteiger partial charge in [0.15, 0.2) is 5.60 Å². The maximum absolute atomic E-state index is 13.7. The lowest BCUT2D eigenvalue weighted by Gasteiger charge is -2.32. The van der Waals surface area contributed by atoms with Crippen molar-refractivity contribution >= 4 is 34.8 Å². The molecule has 8 heteroatoms. The van der Waals surface area contributed by atoms with Gasteiger partial charge in [-0.1, -0.05) is 31.2 Å². The van der Waals surface area contributed by atoms with Crippen LogP contribution in [0.25, 0.3) is 0 Å². The average Bonchev–Trinajstić information content (AvgIpc) is 3.05. The molecule has 3 aliphatic rings. The Balaban J connectivity index is 1.47. The number of hydrogen-bond donors (Lipinski definition) is 2. The number of hydrogen-bond acceptors (Lipinski definition) is 5. The van der Waals surface area contributed by atoms with Crippen molar-refractivity contribution in [3.63, 3.8) is 0 Å². The molecule has 0 radical (unpaired) electrons. The molecular weight excluding hydrogens is 446 g/mol. The first-order valence-corrected chi connectivity index (χ1v) is 12.0. The molecule has 0 spiro atoms. The molecule has 0 saturated carbocycles. The smallest absolute Gasteiger partial charge is 0.264 e. The molecule has 0 unspecified atom stereocenters. The topological polar surface area (TPSA) is 101 Å². The fourth-order valence-electron chi connectivity index (χ4n) is 4.91. The highest BCUT2D eigenvalue weighted by Gasteiger charge is 2.52. The molecule has 2 N–H and O–H groups in total. The molecule has 5 rings (SSSR count). The molecule has 3 heterocycles. The second-order valence-corrected chi connectivity index (χ2v) is 9.35. The molecular formula is C27H29N3O5. The fourth-order valence-corrected chi connectivity index (χ4v) is 4.91. The minimum atomic E-state index is -1.80. The molecule has 35 heavy (non-hydrogen) atoms. The van der Waals surface area contributed by atoms with Gasteiger partial charge in [0.25, 0.3) is 5.91 Å². The quantitative estimate of drug-likeness (QED) is 0.451. The standard InChI is InChI=1S/C27H29N3O5/c1-18(4-2-3-15-31)27(35)22-16-21(29-14-12-25(29)33)9-10-23(22)30(26(27)34)17-19-5-7-20(8-6-19)28-13-11-24(28)32/h2,4-10,16,18,31,35H,3,11-15,17H2,1H3/b4-2+/t18-,27+/m1/s1. The van der Waals surface area contributed by atoms with E-state index in [1.54, 1.807) is 45.9 Å². The summed E-state index contributed by atoms with van der Waals surface area (Å²) in [6.45, 7) is 3.35. The molecule has 2 aromatic rings. The van der Waals surface area contributed by atoms with Crippen molar-refractivity contribution in [2.24, 2.45) is 5.92 Å². The summed E-state index contributed by atoms with van der Waals surface area (Å²) >= 11 is 0. The first kappa shape index (κ1) is 23.3. The van der Waals surface area contributed by atoms with Crippen molar-refractivity contribution in [3.05, 3.63) is 65.7 Å². The third-order valence-corrected chi connectivity index (χ3v) is 7.23. The third kappa shape index (κ3) is 3.83. The molecule has 2 saturated heterocycles. The Hall–Kier alpha value is -3.49. The third-order valence-electron chi connectivity index (χ3n) is 7.23. The minimum Gasteiger partial charge on any atom is -0.396 e. The van der Waals surface area contributed by atoms with E-state index >= 15 is 0 Å². The molecule has 3 aliphatic heterocycles. The second-order valence-electron chi connectivity index (χ2n) is 9.35. The molecule has 0 aromatic heterocycles. The predicted molar refractivity (Wildman–Crippen MR) is 132 cm³/mol. The highest BCUT2D eigenvalue weighted by Crippen LogP contribution is 2.47. The molecule has 0 aliphatic carbocycles. The van der Waals surface area contributed by atoms with E-state index in [0.717, 1.165) is 11.3 Å². The molecule has 2 fully saturated rings. The Morgan fingerprint density at radius 2 is 1.60 bits per heavy atom. The summed E-state index contributed by atoms with van der Waals surface area (Å²) in [6.07, 6.45) is 5.00. The number of nitrogens with zero attached hydrogens (tertiary/aromatic N) is 3. The van der Waals surface area contributed by atoms with Gasteiger partial charge in [0, 0.05) is 55.4 Å². The fraction of sp³-hybridized carbons (Fsp3) is 0.370. The van der Waals surface area contributed by atoms with Crippen LogP contribution in [-0.4, -0.2) is 47.6 Å². The number of carbonyl (C=O) groups excluding carboxylic acids is 3. The van der Waals surface area contributed by atoms with Crippen molar-refractivity contribution < 1.29 is 24.6 Å². The van der Waals surface area contributed by atoms with Crippen LogP contribution >= 0.6 is 0 Å². The summed E-state index contributed by atoms with van der Waals surface area (Å²) < 4.78 is 0. The van der Waals surface area contributed by atoms with E-state index in [9.17, 15) is 19.5 Å². The van der Waals surface area contributed by atoms with Gasteiger partial charge in [0.05, 0.1) is 12.2 Å². The van der Waals surface area contributed by atoms with Gasteiger partial charge >= 0.3 is 0 Å². The van der Waals surface area contributed by atoms with Crippen LogP contribution in [0.4, 0.5) is 17.1 Å². The highest BCUT2D eigenvalue weighted by atomic mass is 16.3. The molecule has 182 valence electrons. The van der Waals surface area contributed by atoms with E-state index in [4.69, 9.17) is 5.11 Å². The minimum absolute atomic E-state index is 0.0153. The molecule has 8 nitrogen and oxygen atoms in total. The monoisotopic (exact) mass is 475 g/mol. The zero-order valence-corrected chi connectivity index (χ0v) is 19.7. The van der Waals surface area contributed by atoms with E-state index in [1.165, 1.54) is 0 Å². The predicted octanol–water partition coefficient (Wildman–Crippen LogP) is 2.47. The zero-order chi connectivity index (χ0) is 24.7.